The zero-order chi connectivity index (χ0) is 14.5. The quantitative estimate of drug-likeness (QED) is 0.807. The molecule has 0 saturated heterocycles. The Morgan fingerprint density at radius 2 is 2.00 bits per heavy atom. The summed E-state index contributed by atoms with van der Waals surface area (Å²) in [5.74, 6) is -2.80. The summed E-state index contributed by atoms with van der Waals surface area (Å²) >= 11 is 0. The van der Waals surface area contributed by atoms with E-state index in [1.165, 1.54) is 0 Å². The van der Waals surface area contributed by atoms with Gasteiger partial charge >= 0.3 is 0 Å². The molecule has 0 fully saturated rings. The first kappa shape index (κ1) is 15.5. The second kappa shape index (κ2) is 6.58. The number of hydrogen-bond acceptors (Lipinski definition) is 3. The van der Waals surface area contributed by atoms with Gasteiger partial charge in [0.1, 0.15) is 11.6 Å². The van der Waals surface area contributed by atoms with Crippen molar-refractivity contribution in [2.75, 3.05) is 18.8 Å². The summed E-state index contributed by atoms with van der Waals surface area (Å²) < 4.78 is 50.9. The lowest BCUT2D eigenvalue weighted by molar-refractivity contribution is 0.0951. The van der Waals surface area contributed by atoms with Crippen molar-refractivity contribution in [1.82, 2.24) is 10.0 Å². The van der Waals surface area contributed by atoms with Crippen molar-refractivity contribution in [3.8, 4) is 0 Å². The molecule has 0 aliphatic carbocycles. The van der Waals surface area contributed by atoms with Crippen LogP contribution in [0.3, 0.4) is 0 Å². The minimum absolute atomic E-state index is 0.190. The van der Waals surface area contributed by atoms with Gasteiger partial charge in [-0.1, -0.05) is 6.92 Å². The van der Waals surface area contributed by atoms with E-state index in [9.17, 15) is 22.0 Å². The number of sulfonamides is 1. The van der Waals surface area contributed by atoms with E-state index in [-0.39, 0.29) is 18.8 Å². The zero-order valence-corrected chi connectivity index (χ0v) is 11.1. The SMILES string of the molecule is CCNS(=O)(=O)CCNC(=O)c1cc(F)ccc1F. The number of halogens is 2. The lowest BCUT2D eigenvalue weighted by Crippen LogP contribution is -2.34. The molecule has 106 valence electrons. The van der Waals surface area contributed by atoms with E-state index >= 15 is 0 Å². The van der Waals surface area contributed by atoms with Crippen molar-refractivity contribution >= 4 is 15.9 Å². The molecule has 1 amide bonds. The van der Waals surface area contributed by atoms with Crippen molar-refractivity contribution in [1.29, 1.82) is 0 Å². The summed E-state index contributed by atoms with van der Waals surface area (Å²) in [5.41, 5.74) is -0.458. The predicted octanol–water partition coefficient (Wildman–Crippen LogP) is 0.634. The smallest absolute Gasteiger partial charge is 0.254 e. The van der Waals surface area contributed by atoms with Gasteiger partial charge in [-0.2, -0.15) is 0 Å². The summed E-state index contributed by atoms with van der Waals surface area (Å²) in [6, 6.07) is 2.48. The van der Waals surface area contributed by atoms with Crippen LogP contribution in [0.15, 0.2) is 18.2 Å². The molecule has 0 spiro atoms. The van der Waals surface area contributed by atoms with Gasteiger partial charge in [0, 0.05) is 13.1 Å². The molecule has 0 aromatic heterocycles. The van der Waals surface area contributed by atoms with Gasteiger partial charge in [-0.25, -0.2) is 21.9 Å². The van der Waals surface area contributed by atoms with E-state index in [0.29, 0.717) is 0 Å². The van der Waals surface area contributed by atoms with Gasteiger partial charge in [0.25, 0.3) is 5.91 Å². The minimum atomic E-state index is -3.46. The maximum Gasteiger partial charge on any atom is 0.254 e. The Bertz CT molecular complexity index is 561. The highest BCUT2D eigenvalue weighted by atomic mass is 32.2. The van der Waals surface area contributed by atoms with E-state index in [2.05, 4.69) is 10.0 Å². The summed E-state index contributed by atoms with van der Waals surface area (Å²) in [4.78, 5) is 11.5. The Kier molecular flexibility index (Phi) is 5.37. The Labute approximate surface area is 110 Å². The fraction of sp³-hybridized carbons (Fsp3) is 0.364. The number of nitrogens with one attached hydrogen (secondary N) is 2. The van der Waals surface area contributed by atoms with Gasteiger partial charge in [0.05, 0.1) is 11.3 Å². The molecule has 0 radical (unpaired) electrons. The third kappa shape index (κ3) is 4.92. The van der Waals surface area contributed by atoms with Crippen LogP contribution in [0.5, 0.6) is 0 Å². The average molecular weight is 292 g/mol. The van der Waals surface area contributed by atoms with Gasteiger partial charge in [0.15, 0.2) is 0 Å². The summed E-state index contributed by atoms with van der Waals surface area (Å²) in [7, 11) is -3.46. The Morgan fingerprint density at radius 3 is 2.63 bits per heavy atom. The molecule has 1 aromatic carbocycles. The molecule has 0 bridgehead atoms. The predicted molar refractivity (Wildman–Crippen MR) is 66.2 cm³/mol. The van der Waals surface area contributed by atoms with Crippen LogP contribution in [0, 0.1) is 11.6 Å². The Morgan fingerprint density at radius 1 is 1.32 bits per heavy atom. The number of carbonyl (C=O) groups excluding carboxylic acids is 1. The highest BCUT2D eigenvalue weighted by Crippen LogP contribution is 2.09. The van der Waals surface area contributed by atoms with Crippen LogP contribution in [-0.2, 0) is 10.0 Å². The molecular formula is C11H14F2N2O3S. The van der Waals surface area contributed by atoms with Crippen LogP contribution in [0.25, 0.3) is 0 Å². The molecule has 5 nitrogen and oxygen atoms in total. The summed E-state index contributed by atoms with van der Waals surface area (Å²) in [6.07, 6.45) is 0. The molecule has 0 aliphatic rings. The van der Waals surface area contributed by atoms with Crippen LogP contribution in [-0.4, -0.2) is 33.2 Å². The van der Waals surface area contributed by atoms with Crippen LogP contribution >= 0.6 is 0 Å². The molecule has 1 rings (SSSR count). The third-order valence-corrected chi connectivity index (χ3v) is 3.66. The molecule has 0 saturated carbocycles. The van der Waals surface area contributed by atoms with E-state index in [1.54, 1.807) is 6.92 Å². The fourth-order valence-corrected chi connectivity index (χ4v) is 2.31. The van der Waals surface area contributed by atoms with E-state index in [1.807, 2.05) is 0 Å². The number of carbonyl (C=O) groups is 1. The summed E-state index contributed by atoms with van der Waals surface area (Å²) in [5, 5.41) is 2.22. The lowest BCUT2D eigenvalue weighted by Gasteiger charge is -2.07. The minimum Gasteiger partial charge on any atom is -0.351 e. The highest BCUT2D eigenvalue weighted by molar-refractivity contribution is 7.89. The highest BCUT2D eigenvalue weighted by Gasteiger charge is 2.14. The van der Waals surface area contributed by atoms with Gasteiger partial charge < -0.3 is 5.32 Å². The van der Waals surface area contributed by atoms with E-state index in [0.717, 1.165) is 18.2 Å². The second-order valence-electron chi connectivity index (χ2n) is 3.70. The molecular weight excluding hydrogens is 278 g/mol. The first-order valence-corrected chi connectivity index (χ1v) is 7.21. The van der Waals surface area contributed by atoms with Crippen molar-refractivity contribution in [2.45, 2.75) is 6.92 Å². The fourth-order valence-electron chi connectivity index (χ4n) is 1.36. The van der Waals surface area contributed by atoms with Crippen LogP contribution in [0.2, 0.25) is 0 Å². The maximum atomic E-state index is 13.2. The van der Waals surface area contributed by atoms with Crippen LogP contribution in [0.4, 0.5) is 8.78 Å². The monoisotopic (exact) mass is 292 g/mol. The van der Waals surface area contributed by atoms with Crippen molar-refractivity contribution < 1.29 is 22.0 Å². The Balaban J connectivity index is 2.59. The lowest BCUT2D eigenvalue weighted by atomic mass is 10.2. The number of amides is 1. The van der Waals surface area contributed by atoms with Gasteiger partial charge in [0.2, 0.25) is 10.0 Å². The average Bonchev–Trinajstić information content (AvgIpc) is 2.31. The maximum absolute atomic E-state index is 13.2. The third-order valence-electron chi connectivity index (χ3n) is 2.19. The Hall–Kier alpha value is -1.54. The first-order valence-electron chi connectivity index (χ1n) is 5.56. The topological polar surface area (TPSA) is 75.3 Å². The molecule has 2 N–H and O–H groups in total. The largest absolute Gasteiger partial charge is 0.351 e. The zero-order valence-electron chi connectivity index (χ0n) is 10.2. The molecule has 1 aromatic rings. The molecule has 8 heteroatoms. The van der Waals surface area contributed by atoms with E-state index in [4.69, 9.17) is 0 Å². The number of hydrogen-bond donors (Lipinski definition) is 2. The molecule has 0 heterocycles. The molecule has 0 atom stereocenters. The molecule has 19 heavy (non-hydrogen) atoms. The number of benzene rings is 1. The summed E-state index contributed by atoms with van der Waals surface area (Å²) in [6.45, 7) is 1.68. The number of rotatable bonds is 6. The van der Waals surface area contributed by atoms with Gasteiger partial charge in [-0.3, -0.25) is 4.79 Å². The van der Waals surface area contributed by atoms with Gasteiger partial charge in [-0.05, 0) is 18.2 Å². The van der Waals surface area contributed by atoms with Crippen molar-refractivity contribution in [3.63, 3.8) is 0 Å². The standard InChI is InChI=1S/C11H14F2N2O3S/c1-2-15-19(17,18)6-5-14-11(16)9-7-8(12)3-4-10(9)13/h3-4,7,15H,2,5-6H2,1H3,(H,14,16). The van der Waals surface area contributed by atoms with Crippen LogP contribution in [0.1, 0.15) is 17.3 Å². The van der Waals surface area contributed by atoms with Crippen LogP contribution < -0.4 is 10.0 Å². The van der Waals surface area contributed by atoms with Crippen molar-refractivity contribution in [3.05, 3.63) is 35.4 Å². The second-order valence-corrected chi connectivity index (χ2v) is 5.62. The molecule has 0 unspecified atom stereocenters. The molecule has 0 aliphatic heterocycles. The first-order chi connectivity index (χ1) is 8.85. The van der Waals surface area contributed by atoms with E-state index < -0.39 is 33.1 Å². The van der Waals surface area contributed by atoms with Crippen molar-refractivity contribution in [2.24, 2.45) is 0 Å². The normalized spacial score (nSPS) is 11.3. The van der Waals surface area contributed by atoms with Gasteiger partial charge in [-0.15, -0.1) is 0 Å².